The molecule has 2 N–H and O–H groups in total. The molecule has 5 nitrogen and oxygen atoms in total. The van der Waals surface area contributed by atoms with Crippen LogP contribution in [0.25, 0.3) is 66.0 Å². The first-order valence-electron chi connectivity index (χ1n) is 12.3. The normalized spacial score (nSPS) is 12.0. The lowest BCUT2D eigenvalue weighted by molar-refractivity contribution is 0.799. The molecule has 174 valence electrons. The zero-order valence-electron chi connectivity index (χ0n) is 20.4. The van der Waals surface area contributed by atoms with Crippen molar-refractivity contribution in [1.29, 1.82) is 0 Å². The van der Waals surface area contributed by atoms with Gasteiger partial charge in [-0.05, 0) is 42.0 Å². The molecule has 0 bridgehead atoms. The van der Waals surface area contributed by atoms with Gasteiger partial charge in [0.1, 0.15) is 11.6 Å². The maximum Gasteiger partial charge on any atom is 0.109 e. The molecule has 0 aliphatic heterocycles. The second kappa shape index (κ2) is 7.75. The number of aryl methyl sites for hydroxylation is 1. The first-order valence-corrected chi connectivity index (χ1v) is 12.3. The van der Waals surface area contributed by atoms with E-state index in [1.54, 1.807) is 0 Å². The van der Waals surface area contributed by atoms with Crippen molar-refractivity contribution >= 4 is 43.5 Å². The molecule has 0 aliphatic rings. The summed E-state index contributed by atoms with van der Waals surface area (Å²) in [6.07, 6.45) is 1.87. The molecule has 0 radical (unpaired) electrons. The zero-order chi connectivity index (χ0) is 24.4. The predicted molar refractivity (Wildman–Crippen MR) is 148 cm³/mol. The largest absolute Gasteiger partial charge is 0.342 e. The molecule has 7 rings (SSSR count). The van der Waals surface area contributed by atoms with Crippen molar-refractivity contribution in [2.45, 2.75) is 26.7 Å². The number of hydrogen-bond acceptors (Lipinski definition) is 3. The molecule has 4 aromatic carbocycles. The first-order chi connectivity index (χ1) is 17.5. The minimum atomic E-state index is 0.338. The number of nitrogens with one attached hydrogen (secondary N) is 2. The molecule has 3 heterocycles. The summed E-state index contributed by atoms with van der Waals surface area (Å²) in [6.45, 7) is 6.31. The second-order valence-corrected chi connectivity index (χ2v) is 9.79. The van der Waals surface area contributed by atoms with Crippen LogP contribution in [0.5, 0.6) is 0 Å². The number of nitrogens with zero attached hydrogens (tertiary/aromatic N) is 3. The third-order valence-electron chi connectivity index (χ3n) is 7.03. The van der Waals surface area contributed by atoms with E-state index in [0.717, 1.165) is 56.1 Å². The van der Waals surface area contributed by atoms with Crippen LogP contribution in [0.2, 0.25) is 0 Å². The van der Waals surface area contributed by atoms with Crippen LogP contribution in [0.3, 0.4) is 0 Å². The molecular weight excluding hydrogens is 442 g/mol. The molecule has 0 saturated carbocycles. The van der Waals surface area contributed by atoms with Gasteiger partial charge in [0.2, 0.25) is 0 Å². The van der Waals surface area contributed by atoms with Crippen molar-refractivity contribution in [2.24, 2.45) is 0 Å². The summed E-state index contributed by atoms with van der Waals surface area (Å²) in [4.78, 5) is 21.2. The lowest BCUT2D eigenvalue weighted by atomic mass is 9.97. The van der Waals surface area contributed by atoms with Gasteiger partial charge in [-0.3, -0.25) is 0 Å². The summed E-state index contributed by atoms with van der Waals surface area (Å²) in [6, 6.07) is 25.8. The standard InChI is InChI=1S/C31H25N5/c1-17(2)31-35-29-23-7-5-4-6-22(23)25-15-21(8-11-24(25)30(29)36-31)27-12-9-19-14-20(10-13-26(19)34-27)28-16-32-18(3)33-28/h4-17H,1-3H3,(H,32,33)(H,35,36). The average molecular weight is 468 g/mol. The summed E-state index contributed by atoms with van der Waals surface area (Å²) >= 11 is 0. The van der Waals surface area contributed by atoms with E-state index in [0.29, 0.717) is 5.92 Å². The number of imidazole rings is 2. The quantitative estimate of drug-likeness (QED) is 0.259. The zero-order valence-corrected chi connectivity index (χ0v) is 20.4. The van der Waals surface area contributed by atoms with E-state index in [1.165, 1.54) is 21.5 Å². The van der Waals surface area contributed by atoms with Crippen molar-refractivity contribution in [2.75, 3.05) is 0 Å². The van der Waals surface area contributed by atoms with Crippen molar-refractivity contribution in [3.05, 3.63) is 90.6 Å². The van der Waals surface area contributed by atoms with E-state index < -0.39 is 0 Å². The molecule has 36 heavy (non-hydrogen) atoms. The topological polar surface area (TPSA) is 70.2 Å². The Bertz CT molecular complexity index is 1940. The Morgan fingerprint density at radius 1 is 0.722 bits per heavy atom. The molecule has 0 atom stereocenters. The van der Waals surface area contributed by atoms with Gasteiger partial charge in [0, 0.05) is 33.2 Å². The summed E-state index contributed by atoms with van der Waals surface area (Å²) < 4.78 is 0. The van der Waals surface area contributed by atoms with Crippen LogP contribution in [-0.4, -0.2) is 24.9 Å². The lowest BCUT2D eigenvalue weighted by Crippen LogP contribution is -1.88. The number of pyridine rings is 1. The van der Waals surface area contributed by atoms with Gasteiger partial charge >= 0.3 is 0 Å². The molecule has 0 fully saturated rings. The highest BCUT2D eigenvalue weighted by atomic mass is 14.9. The third kappa shape index (κ3) is 3.20. The second-order valence-electron chi connectivity index (χ2n) is 9.79. The van der Waals surface area contributed by atoms with Gasteiger partial charge < -0.3 is 9.97 Å². The molecular formula is C31H25N5. The fraction of sp³-hybridized carbons (Fsp3) is 0.129. The molecule has 0 aliphatic carbocycles. The van der Waals surface area contributed by atoms with E-state index in [4.69, 9.17) is 9.97 Å². The van der Waals surface area contributed by atoms with Gasteiger partial charge in [-0.25, -0.2) is 15.0 Å². The highest BCUT2D eigenvalue weighted by Gasteiger charge is 2.15. The van der Waals surface area contributed by atoms with E-state index in [9.17, 15) is 0 Å². The SMILES string of the molecule is Cc1ncc(-c2ccc3nc(-c4ccc5c(c4)c4ccccc4c4nc(C(C)C)[nH]c54)ccc3c2)[nH]1. The number of aromatic amines is 2. The van der Waals surface area contributed by atoms with Gasteiger partial charge in [0.05, 0.1) is 34.1 Å². The molecule has 0 spiro atoms. The fourth-order valence-electron chi connectivity index (χ4n) is 5.15. The average Bonchev–Trinajstić information content (AvgIpc) is 3.55. The number of benzene rings is 4. The van der Waals surface area contributed by atoms with E-state index in [2.05, 4.69) is 102 Å². The maximum absolute atomic E-state index is 5.02. The van der Waals surface area contributed by atoms with E-state index in [1.807, 2.05) is 13.1 Å². The van der Waals surface area contributed by atoms with Crippen molar-refractivity contribution in [1.82, 2.24) is 24.9 Å². The summed E-state index contributed by atoms with van der Waals surface area (Å²) in [7, 11) is 0. The van der Waals surface area contributed by atoms with Crippen LogP contribution in [0.15, 0.2) is 79.0 Å². The van der Waals surface area contributed by atoms with Crippen molar-refractivity contribution < 1.29 is 0 Å². The predicted octanol–water partition coefficient (Wildman–Crippen LogP) is 7.91. The van der Waals surface area contributed by atoms with Gasteiger partial charge in [0.25, 0.3) is 0 Å². The van der Waals surface area contributed by atoms with Crippen molar-refractivity contribution in [3.63, 3.8) is 0 Å². The number of hydrogen-bond donors (Lipinski definition) is 2. The Morgan fingerprint density at radius 3 is 2.36 bits per heavy atom. The Balaban J connectivity index is 1.39. The number of rotatable bonds is 3. The Hall–Kier alpha value is -4.51. The van der Waals surface area contributed by atoms with Crippen molar-refractivity contribution in [3.8, 4) is 22.5 Å². The number of aromatic nitrogens is 5. The Labute approximate surface area is 208 Å². The summed E-state index contributed by atoms with van der Waals surface area (Å²) in [5.41, 5.74) is 7.32. The van der Waals surface area contributed by atoms with Gasteiger partial charge in [-0.15, -0.1) is 0 Å². The van der Waals surface area contributed by atoms with Crippen LogP contribution >= 0.6 is 0 Å². The molecule has 0 unspecified atom stereocenters. The Kier molecular flexibility index (Phi) is 4.48. The monoisotopic (exact) mass is 467 g/mol. The van der Waals surface area contributed by atoms with Crippen LogP contribution < -0.4 is 0 Å². The van der Waals surface area contributed by atoms with Crippen LogP contribution in [0, 0.1) is 6.92 Å². The Morgan fingerprint density at radius 2 is 1.56 bits per heavy atom. The molecule has 5 heteroatoms. The van der Waals surface area contributed by atoms with Crippen LogP contribution in [0.4, 0.5) is 0 Å². The minimum absolute atomic E-state index is 0.338. The maximum atomic E-state index is 5.02. The van der Waals surface area contributed by atoms with Gasteiger partial charge in [-0.2, -0.15) is 0 Å². The highest BCUT2D eigenvalue weighted by Crippen LogP contribution is 2.37. The molecule has 0 amide bonds. The van der Waals surface area contributed by atoms with Crippen LogP contribution in [0.1, 0.15) is 31.4 Å². The molecule has 7 aromatic rings. The summed E-state index contributed by atoms with van der Waals surface area (Å²) in [5.74, 6) is 2.27. The first kappa shape index (κ1) is 20.8. The van der Waals surface area contributed by atoms with Crippen LogP contribution in [-0.2, 0) is 0 Å². The van der Waals surface area contributed by atoms with Gasteiger partial charge in [-0.1, -0.05) is 62.4 Å². The van der Waals surface area contributed by atoms with E-state index >= 15 is 0 Å². The summed E-state index contributed by atoms with van der Waals surface area (Å²) in [5, 5.41) is 5.89. The van der Waals surface area contributed by atoms with Gasteiger partial charge in [0.15, 0.2) is 0 Å². The smallest absolute Gasteiger partial charge is 0.109 e. The van der Waals surface area contributed by atoms with E-state index in [-0.39, 0.29) is 0 Å². The molecule has 3 aromatic heterocycles. The highest BCUT2D eigenvalue weighted by molar-refractivity contribution is 6.23. The molecule has 0 saturated heterocycles. The lowest BCUT2D eigenvalue weighted by Gasteiger charge is -2.09. The third-order valence-corrected chi connectivity index (χ3v) is 7.03. The number of H-pyrrole nitrogens is 2. The minimum Gasteiger partial charge on any atom is -0.342 e. The fourth-order valence-corrected chi connectivity index (χ4v) is 5.15. The number of fused-ring (bicyclic) bond motifs is 7.